The fraction of sp³-hybridized carbons (Fsp3) is 0.0476. The maximum atomic E-state index is 5.78. The SMILES string of the molecule is COc1c2ccccc2c2ccc3cccc4ccc1c2c43. The number of ether oxygens (including phenoxy) is 1. The van der Waals surface area contributed by atoms with Gasteiger partial charge in [0.05, 0.1) is 7.11 Å². The average molecular weight is 282 g/mol. The lowest BCUT2D eigenvalue weighted by Crippen LogP contribution is -1.91. The summed E-state index contributed by atoms with van der Waals surface area (Å²) in [6.07, 6.45) is 0. The Morgan fingerprint density at radius 2 is 1.23 bits per heavy atom. The van der Waals surface area contributed by atoms with E-state index in [1.165, 1.54) is 43.1 Å². The summed E-state index contributed by atoms with van der Waals surface area (Å²) in [5, 5.41) is 10.1. The van der Waals surface area contributed by atoms with Gasteiger partial charge in [-0.2, -0.15) is 0 Å². The summed E-state index contributed by atoms with van der Waals surface area (Å²) in [4.78, 5) is 0. The van der Waals surface area contributed by atoms with Crippen LogP contribution < -0.4 is 4.74 Å². The third kappa shape index (κ3) is 1.33. The van der Waals surface area contributed by atoms with Crippen LogP contribution >= 0.6 is 0 Å². The van der Waals surface area contributed by atoms with Crippen LogP contribution in [0.15, 0.2) is 66.7 Å². The molecule has 0 amide bonds. The average Bonchev–Trinajstić information content (AvgIpc) is 2.59. The van der Waals surface area contributed by atoms with Crippen LogP contribution in [0.2, 0.25) is 0 Å². The van der Waals surface area contributed by atoms with Crippen LogP contribution in [0.3, 0.4) is 0 Å². The van der Waals surface area contributed by atoms with Crippen molar-refractivity contribution in [3.63, 3.8) is 0 Å². The summed E-state index contributed by atoms with van der Waals surface area (Å²) >= 11 is 0. The van der Waals surface area contributed by atoms with Gasteiger partial charge in [0.15, 0.2) is 0 Å². The molecular formula is C21H14O. The summed E-state index contributed by atoms with van der Waals surface area (Å²) < 4.78 is 5.78. The second-order valence-electron chi connectivity index (χ2n) is 5.76. The molecule has 5 rings (SSSR count). The quantitative estimate of drug-likeness (QED) is 0.281. The van der Waals surface area contributed by atoms with E-state index < -0.39 is 0 Å². The van der Waals surface area contributed by atoms with Crippen molar-refractivity contribution in [1.29, 1.82) is 0 Å². The minimum atomic E-state index is 0.973. The van der Waals surface area contributed by atoms with Crippen molar-refractivity contribution >= 4 is 43.1 Å². The zero-order valence-electron chi connectivity index (χ0n) is 12.3. The Hall–Kier alpha value is -2.80. The van der Waals surface area contributed by atoms with E-state index >= 15 is 0 Å². The summed E-state index contributed by atoms with van der Waals surface area (Å²) in [6, 6.07) is 23.8. The Balaban J connectivity index is 2.23. The largest absolute Gasteiger partial charge is 0.495 e. The van der Waals surface area contributed by atoms with E-state index in [-0.39, 0.29) is 0 Å². The molecule has 0 unspecified atom stereocenters. The molecule has 0 atom stereocenters. The zero-order chi connectivity index (χ0) is 14.7. The highest BCUT2D eigenvalue weighted by Crippen LogP contribution is 2.43. The molecule has 1 nitrogen and oxygen atoms in total. The van der Waals surface area contributed by atoms with Crippen LogP contribution in [0, 0.1) is 0 Å². The molecule has 0 fully saturated rings. The molecule has 22 heavy (non-hydrogen) atoms. The Kier molecular flexibility index (Phi) is 2.21. The monoisotopic (exact) mass is 282 g/mol. The first-order chi connectivity index (χ1) is 10.9. The molecule has 0 aliphatic carbocycles. The van der Waals surface area contributed by atoms with Gasteiger partial charge in [0, 0.05) is 16.2 Å². The molecule has 0 radical (unpaired) electrons. The predicted octanol–water partition coefficient (Wildman–Crippen LogP) is 5.75. The van der Waals surface area contributed by atoms with Gasteiger partial charge in [-0.1, -0.05) is 60.7 Å². The highest BCUT2D eigenvalue weighted by molar-refractivity contribution is 6.31. The highest BCUT2D eigenvalue weighted by atomic mass is 16.5. The molecule has 0 bridgehead atoms. The van der Waals surface area contributed by atoms with E-state index in [4.69, 9.17) is 4.74 Å². The van der Waals surface area contributed by atoms with Gasteiger partial charge in [-0.15, -0.1) is 0 Å². The first-order valence-electron chi connectivity index (χ1n) is 7.51. The zero-order valence-corrected chi connectivity index (χ0v) is 12.3. The molecule has 0 N–H and O–H groups in total. The summed E-state index contributed by atoms with van der Waals surface area (Å²) in [6.45, 7) is 0. The second kappa shape index (κ2) is 4.11. The molecule has 0 aromatic heterocycles. The molecular weight excluding hydrogens is 268 g/mol. The van der Waals surface area contributed by atoms with E-state index in [0.29, 0.717) is 0 Å². The van der Waals surface area contributed by atoms with Gasteiger partial charge in [0.25, 0.3) is 0 Å². The van der Waals surface area contributed by atoms with Gasteiger partial charge in [0.2, 0.25) is 0 Å². The molecule has 0 aliphatic heterocycles. The van der Waals surface area contributed by atoms with E-state index in [9.17, 15) is 0 Å². The van der Waals surface area contributed by atoms with Crippen LogP contribution in [0.25, 0.3) is 43.1 Å². The van der Waals surface area contributed by atoms with Gasteiger partial charge in [0.1, 0.15) is 5.75 Å². The Morgan fingerprint density at radius 1 is 0.545 bits per heavy atom. The number of rotatable bonds is 1. The van der Waals surface area contributed by atoms with Crippen molar-refractivity contribution in [3.05, 3.63) is 66.7 Å². The van der Waals surface area contributed by atoms with Crippen LogP contribution in [0.5, 0.6) is 5.75 Å². The van der Waals surface area contributed by atoms with Crippen molar-refractivity contribution in [1.82, 2.24) is 0 Å². The lowest BCUT2D eigenvalue weighted by molar-refractivity contribution is 0.424. The minimum absolute atomic E-state index is 0.973. The van der Waals surface area contributed by atoms with Crippen LogP contribution in [-0.4, -0.2) is 7.11 Å². The van der Waals surface area contributed by atoms with Crippen LogP contribution in [0.4, 0.5) is 0 Å². The normalized spacial score (nSPS) is 11.9. The lowest BCUT2D eigenvalue weighted by Gasteiger charge is -2.16. The number of fused-ring (bicyclic) bond motifs is 2. The number of benzene rings is 5. The number of hydrogen-bond donors (Lipinski definition) is 0. The third-order valence-electron chi connectivity index (χ3n) is 4.69. The van der Waals surface area contributed by atoms with E-state index in [1.807, 2.05) is 0 Å². The molecule has 5 aromatic rings. The molecule has 0 saturated heterocycles. The van der Waals surface area contributed by atoms with Crippen LogP contribution in [0.1, 0.15) is 0 Å². The first-order valence-corrected chi connectivity index (χ1v) is 7.51. The van der Waals surface area contributed by atoms with Gasteiger partial charge in [-0.3, -0.25) is 0 Å². The van der Waals surface area contributed by atoms with Crippen LogP contribution in [-0.2, 0) is 0 Å². The van der Waals surface area contributed by atoms with Gasteiger partial charge in [-0.05, 0) is 33.0 Å². The number of methoxy groups -OCH3 is 1. The molecule has 0 heterocycles. The summed E-state index contributed by atoms with van der Waals surface area (Å²) in [7, 11) is 1.76. The topological polar surface area (TPSA) is 9.23 Å². The van der Waals surface area contributed by atoms with Gasteiger partial charge >= 0.3 is 0 Å². The molecule has 1 heteroatoms. The second-order valence-corrected chi connectivity index (χ2v) is 5.76. The fourth-order valence-electron chi connectivity index (χ4n) is 3.78. The molecule has 0 saturated carbocycles. The standard InChI is InChI=1S/C21H14O/c1-22-21-17-8-3-2-7-15(17)16-11-9-13-5-4-6-14-10-12-18(21)20(16)19(13)14/h2-12H,1H3. The van der Waals surface area contributed by atoms with Crippen molar-refractivity contribution in [3.8, 4) is 5.75 Å². The fourth-order valence-corrected chi connectivity index (χ4v) is 3.78. The lowest BCUT2D eigenvalue weighted by atomic mass is 9.90. The Labute approximate surface area is 128 Å². The first kappa shape index (κ1) is 11.8. The Morgan fingerprint density at radius 3 is 1.95 bits per heavy atom. The highest BCUT2D eigenvalue weighted by Gasteiger charge is 2.15. The smallest absolute Gasteiger partial charge is 0.134 e. The van der Waals surface area contributed by atoms with Crippen molar-refractivity contribution in [2.24, 2.45) is 0 Å². The summed E-state index contributed by atoms with van der Waals surface area (Å²) in [5.74, 6) is 0.973. The van der Waals surface area contributed by atoms with E-state index in [0.717, 1.165) is 5.75 Å². The van der Waals surface area contributed by atoms with Crippen molar-refractivity contribution in [2.45, 2.75) is 0 Å². The number of hydrogen-bond acceptors (Lipinski definition) is 1. The third-order valence-corrected chi connectivity index (χ3v) is 4.69. The maximum Gasteiger partial charge on any atom is 0.134 e. The molecule has 0 spiro atoms. The molecule has 0 aliphatic rings. The maximum absolute atomic E-state index is 5.78. The van der Waals surface area contributed by atoms with E-state index in [1.54, 1.807) is 7.11 Å². The van der Waals surface area contributed by atoms with Gasteiger partial charge in [-0.25, -0.2) is 0 Å². The Bertz CT molecular complexity index is 1140. The molecule has 5 aromatic carbocycles. The molecule has 104 valence electrons. The van der Waals surface area contributed by atoms with Crippen molar-refractivity contribution in [2.75, 3.05) is 7.11 Å². The van der Waals surface area contributed by atoms with Gasteiger partial charge < -0.3 is 4.74 Å². The predicted molar refractivity (Wildman–Crippen MR) is 94.2 cm³/mol. The van der Waals surface area contributed by atoms with E-state index in [2.05, 4.69) is 66.7 Å². The summed E-state index contributed by atoms with van der Waals surface area (Å²) in [5.41, 5.74) is 0. The minimum Gasteiger partial charge on any atom is -0.495 e. The van der Waals surface area contributed by atoms with Crippen molar-refractivity contribution < 1.29 is 4.74 Å².